The largest absolute Gasteiger partial charge is 0.511 e. The van der Waals surface area contributed by atoms with E-state index in [0.717, 1.165) is 5.56 Å². The molecule has 12 nitrogen and oxygen atoms in total. The highest BCUT2D eigenvalue weighted by atomic mass is 16.7. The Morgan fingerprint density at radius 1 is 1.07 bits per heavy atom. The van der Waals surface area contributed by atoms with E-state index in [2.05, 4.69) is 5.32 Å². The van der Waals surface area contributed by atoms with Crippen molar-refractivity contribution in [2.24, 2.45) is 17.3 Å². The van der Waals surface area contributed by atoms with Crippen molar-refractivity contribution < 1.29 is 48.6 Å². The average Bonchev–Trinajstić information content (AvgIpc) is 3.62. The topological polar surface area (TPSA) is 156 Å². The molecule has 1 aromatic rings. The van der Waals surface area contributed by atoms with Crippen molar-refractivity contribution in [3.63, 3.8) is 0 Å². The fourth-order valence-electron chi connectivity index (χ4n) is 8.28. The molecule has 2 aliphatic heterocycles. The van der Waals surface area contributed by atoms with Crippen LogP contribution < -0.4 is 10.1 Å². The Balaban J connectivity index is 1.71. The number of hydrogen-bond donors (Lipinski definition) is 4. The maximum Gasteiger partial charge on any atom is 0.262 e. The predicted octanol–water partition coefficient (Wildman–Crippen LogP) is 1.60. The van der Waals surface area contributed by atoms with E-state index in [0.29, 0.717) is 16.9 Å². The van der Waals surface area contributed by atoms with E-state index in [9.17, 15) is 24.9 Å². The van der Waals surface area contributed by atoms with Crippen LogP contribution >= 0.6 is 0 Å². The van der Waals surface area contributed by atoms with Crippen LogP contribution in [0.4, 0.5) is 0 Å². The molecule has 12 heteroatoms. The monoisotopic (exact) mass is 586 g/mol. The maximum atomic E-state index is 13.6. The van der Waals surface area contributed by atoms with Crippen molar-refractivity contribution in [3.05, 3.63) is 52.0 Å². The first-order valence-electron chi connectivity index (χ1n) is 14.2. The number of nitrogens with zero attached hydrogens (tertiary/aromatic N) is 1. The number of nitrogens with one attached hydrogen (secondary N) is 1. The van der Waals surface area contributed by atoms with Crippen LogP contribution in [0.15, 0.2) is 40.9 Å². The number of hydrogen-bond acceptors (Lipinski definition) is 11. The molecule has 3 aliphatic carbocycles. The molecule has 2 amide bonds. The van der Waals surface area contributed by atoms with Crippen LogP contribution in [0.1, 0.15) is 37.8 Å². The standard InChI is InChI=1S/C30H38N2O10/c1-14-16-8-7-9-17(38-6)19(16)29(39-10-11-40-29)20-18(14)24(34)21-23(32(4)5)25(35)22(27(37)31-15(2)33)30(41-12-13-42-30)28(21,3)26(20)36/h7-9,14,18,21,23-24,34-36H,10-13H2,1-6H3,(H,31,33,37)/t14-,18+,21+,23-,24-,28+/m0/s1. The molecule has 6 rings (SSSR count). The number of ether oxygens (including phenoxy) is 5. The van der Waals surface area contributed by atoms with Crippen molar-refractivity contribution in [2.75, 3.05) is 47.6 Å². The summed E-state index contributed by atoms with van der Waals surface area (Å²) in [6, 6.07) is 4.61. The zero-order valence-electron chi connectivity index (χ0n) is 24.6. The second-order valence-electron chi connectivity index (χ2n) is 12.0. The van der Waals surface area contributed by atoms with Gasteiger partial charge in [0.1, 0.15) is 22.8 Å². The fraction of sp³-hybridized carbons (Fsp3) is 0.600. The Kier molecular flexibility index (Phi) is 6.76. The average molecular weight is 587 g/mol. The third kappa shape index (κ3) is 3.44. The van der Waals surface area contributed by atoms with E-state index < -0.39 is 58.5 Å². The summed E-state index contributed by atoms with van der Waals surface area (Å²) in [4.78, 5) is 27.3. The first-order valence-corrected chi connectivity index (χ1v) is 14.2. The Morgan fingerprint density at radius 3 is 2.26 bits per heavy atom. The number of carbonyl (C=O) groups is 2. The second-order valence-corrected chi connectivity index (χ2v) is 12.0. The van der Waals surface area contributed by atoms with Gasteiger partial charge in [0.05, 0.1) is 56.7 Å². The number of imide groups is 1. The van der Waals surface area contributed by atoms with Crippen LogP contribution in [0.2, 0.25) is 0 Å². The molecule has 6 atom stereocenters. The van der Waals surface area contributed by atoms with Gasteiger partial charge in [0.15, 0.2) is 0 Å². The van der Waals surface area contributed by atoms with Gasteiger partial charge in [0.25, 0.3) is 5.91 Å². The number of aliphatic hydroxyl groups is 3. The first-order chi connectivity index (χ1) is 19.9. The van der Waals surface area contributed by atoms with Crippen molar-refractivity contribution in [2.45, 2.75) is 50.4 Å². The van der Waals surface area contributed by atoms with E-state index in [-0.39, 0.29) is 43.7 Å². The Morgan fingerprint density at radius 2 is 1.69 bits per heavy atom. The van der Waals surface area contributed by atoms with Gasteiger partial charge in [-0.3, -0.25) is 19.8 Å². The summed E-state index contributed by atoms with van der Waals surface area (Å²) in [5, 5.41) is 39.2. The van der Waals surface area contributed by atoms with Crippen LogP contribution in [-0.2, 0) is 34.3 Å². The molecule has 0 aromatic heterocycles. The highest BCUT2D eigenvalue weighted by molar-refractivity contribution is 6.05. The number of fused-ring (bicyclic) bond motifs is 6. The van der Waals surface area contributed by atoms with Gasteiger partial charge in [-0.2, -0.15) is 0 Å². The normalized spacial score (nSPS) is 34.4. The SMILES string of the molecule is COc1cccc2c1C1(OCCO1)C1=C(O)[C@@]3(C)[C@@H]([C@@H](O)[C@@H]1[C@H]2C)[C@H](N(C)C)C(O)=C(C(=O)NC(C)=O)C31OCCO1. The molecule has 4 N–H and O–H groups in total. The summed E-state index contributed by atoms with van der Waals surface area (Å²) >= 11 is 0. The van der Waals surface area contributed by atoms with Gasteiger partial charge in [-0.15, -0.1) is 0 Å². The van der Waals surface area contributed by atoms with Gasteiger partial charge < -0.3 is 39.0 Å². The molecule has 2 heterocycles. The van der Waals surface area contributed by atoms with Gasteiger partial charge in [0, 0.05) is 24.3 Å². The minimum Gasteiger partial charge on any atom is -0.511 e. The number of likely N-dealkylation sites (N-methyl/N-ethyl adjacent to an activating group) is 1. The minimum absolute atomic E-state index is 0.0341. The molecule has 0 bridgehead atoms. The minimum atomic E-state index is -2.05. The summed E-state index contributed by atoms with van der Waals surface area (Å²) in [6.45, 7) is 5.29. The van der Waals surface area contributed by atoms with Crippen LogP contribution in [0.3, 0.4) is 0 Å². The molecule has 1 aromatic carbocycles. The van der Waals surface area contributed by atoms with Crippen molar-refractivity contribution in [1.82, 2.24) is 10.2 Å². The Labute approximate surface area is 243 Å². The Bertz CT molecular complexity index is 1390. The van der Waals surface area contributed by atoms with Gasteiger partial charge in [-0.1, -0.05) is 19.1 Å². The van der Waals surface area contributed by atoms with Crippen LogP contribution in [0, 0.1) is 17.3 Å². The lowest BCUT2D eigenvalue weighted by Gasteiger charge is -2.62. The second kappa shape index (κ2) is 9.76. The molecule has 0 unspecified atom stereocenters. The third-order valence-electron chi connectivity index (χ3n) is 9.82. The molecular formula is C30H38N2O10. The molecule has 2 saturated heterocycles. The molecule has 0 saturated carbocycles. The number of amides is 2. The van der Waals surface area contributed by atoms with E-state index in [4.69, 9.17) is 23.7 Å². The smallest absolute Gasteiger partial charge is 0.262 e. The van der Waals surface area contributed by atoms with Gasteiger partial charge in [0.2, 0.25) is 17.5 Å². The van der Waals surface area contributed by atoms with Crippen LogP contribution in [0.25, 0.3) is 0 Å². The van der Waals surface area contributed by atoms with Gasteiger partial charge in [-0.05, 0) is 38.6 Å². The number of carbonyl (C=O) groups excluding carboxylic acids is 2. The molecular weight excluding hydrogens is 548 g/mol. The summed E-state index contributed by atoms with van der Waals surface area (Å²) in [5.74, 6) is -7.38. The molecule has 42 heavy (non-hydrogen) atoms. The quantitative estimate of drug-likeness (QED) is 0.408. The van der Waals surface area contributed by atoms with Crippen molar-refractivity contribution >= 4 is 11.8 Å². The van der Waals surface area contributed by atoms with Crippen molar-refractivity contribution in [3.8, 4) is 5.75 Å². The van der Waals surface area contributed by atoms with E-state index in [1.54, 1.807) is 39.1 Å². The highest BCUT2D eigenvalue weighted by Gasteiger charge is 2.75. The summed E-state index contributed by atoms with van der Waals surface area (Å²) in [7, 11) is 4.95. The fourth-order valence-corrected chi connectivity index (χ4v) is 8.28. The molecule has 2 fully saturated rings. The zero-order chi connectivity index (χ0) is 30.4. The third-order valence-corrected chi connectivity index (χ3v) is 9.82. The number of benzene rings is 1. The van der Waals surface area contributed by atoms with E-state index in [1.165, 1.54) is 6.92 Å². The molecule has 2 spiro atoms. The predicted molar refractivity (Wildman–Crippen MR) is 146 cm³/mol. The van der Waals surface area contributed by atoms with E-state index in [1.807, 2.05) is 19.1 Å². The summed E-state index contributed by atoms with van der Waals surface area (Å²) in [5.41, 5.74) is -0.281. The lowest BCUT2D eigenvalue weighted by molar-refractivity contribution is -0.261. The summed E-state index contributed by atoms with van der Waals surface area (Å²) < 4.78 is 30.9. The first kappa shape index (κ1) is 29.1. The Hall–Kier alpha value is -3.00. The zero-order valence-corrected chi connectivity index (χ0v) is 24.6. The summed E-state index contributed by atoms with van der Waals surface area (Å²) in [6.07, 6.45) is -1.21. The van der Waals surface area contributed by atoms with Gasteiger partial charge in [-0.25, -0.2) is 0 Å². The highest BCUT2D eigenvalue weighted by Crippen LogP contribution is 2.68. The number of rotatable bonds is 3. The van der Waals surface area contributed by atoms with Gasteiger partial charge >= 0.3 is 0 Å². The van der Waals surface area contributed by atoms with Crippen molar-refractivity contribution in [1.29, 1.82) is 0 Å². The van der Waals surface area contributed by atoms with Crippen LogP contribution in [-0.4, -0.2) is 97.6 Å². The number of aliphatic hydroxyl groups excluding tert-OH is 3. The van der Waals surface area contributed by atoms with Crippen LogP contribution in [0.5, 0.6) is 5.75 Å². The lowest BCUT2D eigenvalue weighted by atomic mass is 9.49. The lowest BCUT2D eigenvalue weighted by Crippen LogP contribution is -2.71. The van der Waals surface area contributed by atoms with E-state index >= 15 is 0 Å². The molecule has 228 valence electrons. The maximum absolute atomic E-state index is 13.6. The molecule has 5 aliphatic rings. The number of methoxy groups -OCH3 is 1. The molecule has 0 radical (unpaired) electrons.